The van der Waals surface area contributed by atoms with Crippen LogP contribution in [0.5, 0.6) is 5.75 Å². The molecular formula is C19H15BrF2N2O4. The number of pyridine rings is 1. The Bertz CT molecular complexity index is 1110. The molecular weight excluding hydrogens is 438 g/mol. The number of carbonyl (C=O) groups excluding carboxylic acids is 1. The molecule has 9 heteroatoms. The molecule has 6 nitrogen and oxygen atoms in total. The highest BCUT2D eigenvalue weighted by Crippen LogP contribution is 2.24. The monoisotopic (exact) mass is 452 g/mol. The molecule has 146 valence electrons. The topological polar surface area (TPSA) is 87.5 Å². The summed E-state index contributed by atoms with van der Waals surface area (Å²) in [4.78, 5) is 23.8. The maximum atomic E-state index is 13.7. The lowest BCUT2D eigenvalue weighted by Crippen LogP contribution is -2.24. The molecule has 3 aromatic rings. The van der Waals surface area contributed by atoms with E-state index in [0.29, 0.717) is 11.5 Å². The number of benzene rings is 1. The number of amides is 1. The summed E-state index contributed by atoms with van der Waals surface area (Å²) in [5.41, 5.74) is 5.47. The minimum absolute atomic E-state index is 0.000968. The van der Waals surface area contributed by atoms with Gasteiger partial charge in [0.2, 0.25) is 0 Å². The third-order valence-corrected chi connectivity index (χ3v) is 4.76. The van der Waals surface area contributed by atoms with Crippen LogP contribution in [0.25, 0.3) is 0 Å². The zero-order valence-electron chi connectivity index (χ0n) is 14.7. The molecule has 0 fully saturated rings. The molecule has 0 spiro atoms. The van der Waals surface area contributed by atoms with Crippen LogP contribution in [0, 0.1) is 18.6 Å². The number of nitrogens with zero attached hydrogens (tertiary/aromatic N) is 1. The van der Waals surface area contributed by atoms with E-state index >= 15 is 0 Å². The van der Waals surface area contributed by atoms with Crippen molar-refractivity contribution in [3.05, 3.63) is 85.6 Å². The normalized spacial score (nSPS) is 10.9. The molecule has 0 saturated heterocycles. The van der Waals surface area contributed by atoms with E-state index in [9.17, 15) is 18.4 Å². The van der Waals surface area contributed by atoms with E-state index in [1.165, 1.54) is 16.7 Å². The van der Waals surface area contributed by atoms with Gasteiger partial charge < -0.3 is 19.5 Å². The number of primary amides is 1. The van der Waals surface area contributed by atoms with Gasteiger partial charge in [-0.2, -0.15) is 0 Å². The summed E-state index contributed by atoms with van der Waals surface area (Å²) < 4.78 is 39.1. The van der Waals surface area contributed by atoms with Crippen LogP contribution in [0.4, 0.5) is 8.78 Å². The fourth-order valence-electron chi connectivity index (χ4n) is 2.56. The minimum atomic E-state index is -0.732. The molecule has 0 bridgehead atoms. The van der Waals surface area contributed by atoms with Crippen LogP contribution in [0.3, 0.4) is 0 Å². The zero-order valence-corrected chi connectivity index (χ0v) is 16.3. The molecule has 2 aromatic heterocycles. The van der Waals surface area contributed by atoms with Crippen LogP contribution in [-0.4, -0.2) is 10.5 Å². The van der Waals surface area contributed by atoms with Gasteiger partial charge in [0.1, 0.15) is 34.2 Å². The van der Waals surface area contributed by atoms with E-state index in [1.54, 1.807) is 19.1 Å². The van der Waals surface area contributed by atoms with Crippen LogP contribution in [0.15, 0.2) is 50.1 Å². The Balaban J connectivity index is 1.83. The first-order valence-corrected chi connectivity index (χ1v) is 8.90. The highest BCUT2D eigenvalue weighted by atomic mass is 79.9. The van der Waals surface area contributed by atoms with Crippen LogP contribution >= 0.6 is 15.9 Å². The van der Waals surface area contributed by atoms with Crippen molar-refractivity contribution in [2.45, 2.75) is 20.1 Å². The van der Waals surface area contributed by atoms with Crippen molar-refractivity contribution in [1.82, 2.24) is 4.57 Å². The Morgan fingerprint density at radius 1 is 1.25 bits per heavy atom. The SMILES string of the molecule is Cc1cc(OCc2ccc(F)cc2F)c(Br)c(=O)n1Cc1ccc(C(N)=O)o1. The molecule has 0 aliphatic carbocycles. The highest BCUT2D eigenvalue weighted by molar-refractivity contribution is 9.10. The Hall–Kier alpha value is -2.94. The number of furan rings is 1. The average molecular weight is 453 g/mol. The maximum Gasteiger partial charge on any atom is 0.284 e. The Morgan fingerprint density at radius 3 is 2.64 bits per heavy atom. The molecule has 0 aliphatic heterocycles. The Labute approximate surface area is 166 Å². The number of nitrogens with two attached hydrogens (primary N) is 1. The van der Waals surface area contributed by atoms with Crippen LogP contribution in [-0.2, 0) is 13.2 Å². The lowest BCUT2D eigenvalue weighted by molar-refractivity contribution is 0.0972. The van der Waals surface area contributed by atoms with E-state index < -0.39 is 23.1 Å². The predicted octanol–water partition coefficient (Wildman–Crippen LogP) is 3.52. The van der Waals surface area contributed by atoms with E-state index in [4.69, 9.17) is 14.9 Å². The summed E-state index contributed by atoms with van der Waals surface area (Å²) in [6, 6.07) is 7.76. The number of hydrogen-bond donors (Lipinski definition) is 1. The van der Waals surface area contributed by atoms with Crippen molar-refractivity contribution in [2.24, 2.45) is 5.73 Å². The number of aryl methyl sites for hydroxylation is 1. The fraction of sp³-hybridized carbons (Fsp3) is 0.158. The number of aromatic nitrogens is 1. The van der Waals surface area contributed by atoms with Gasteiger partial charge in [-0.1, -0.05) is 0 Å². The summed E-state index contributed by atoms with van der Waals surface area (Å²) in [5.74, 6) is -1.51. The molecule has 28 heavy (non-hydrogen) atoms. The third-order valence-electron chi connectivity index (χ3n) is 4.03. The first-order valence-electron chi connectivity index (χ1n) is 8.11. The van der Waals surface area contributed by atoms with E-state index in [-0.39, 0.29) is 34.7 Å². The van der Waals surface area contributed by atoms with Crippen molar-refractivity contribution >= 4 is 21.8 Å². The summed E-state index contributed by atoms with van der Waals surface area (Å²) in [5, 5.41) is 0. The number of halogens is 3. The van der Waals surface area contributed by atoms with Crippen molar-refractivity contribution in [1.29, 1.82) is 0 Å². The predicted molar refractivity (Wildman–Crippen MR) is 100 cm³/mol. The van der Waals surface area contributed by atoms with Crippen LogP contribution < -0.4 is 16.0 Å². The second-order valence-corrected chi connectivity index (χ2v) is 6.80. The second kappa shape index (κ2) is 7.97. The first-order chi connectivity index (χ1) is 13.3. The van der Waals surface area contributed by atoms with Gasteiger partial charge in [0.15, 0.2) is 5.76 Å². The highest BCUT2D eigenvalue weighted by Gasteiger charge is 2.15. The number of rotatable bonds is 6. The Morgan fingerprint density at radius 2 is 2.00 bits per heavy atom. The van der Waals surface area contributed by atoms with Gasteiger partial charge in [-0.05, 0) is 47.1 Å². The molecule has 0 aliphatic rings. The van der Waals surface area contributed by atoms with Crippen LogP contribution in [0.1, 0.15) is 27.6 Å². The molecule has 0 unspecified atom stereocenters. The minimum Gasteiger partial charge on any atom is -0.487 e. The standard InChI is InChI=1S/C19H15BrF2N2O4/c1-10-6-16(27-9-11-2-3-12(21)7-14(11)22)17(20)19(26)24(10)8-13-4-5-15(28-13)18(23)25/h2-7H,8-9H2,1H3,(H2,23,25). The van der Waals surface area contributed by atoms with Crippen molar-refractivity contribution in [2.75, 3.05) is 0 Å². The van der Waals surface area contributed by atoms with Crippen molar-refractivity contribution in [3.8, 4) is 5.75 Å². The van der Waals surface area contributed by atoms with Gasteiger partial charge in [-0.3, -0.25) is 9.59 Å². The molecule has 0 saturated carbocycles. The van der Waals surface area contributed by atoms with E-state index in [1.807, 2.05) is 0 Å². The summed E-state index contributed by atoms with van der Waals surface area (Å²) in [6.07, 6.45) is 0. The third kappa shape index (κ3) is 4.14. The molecule has 1 aromatic carbocycles. The number of ether oxygens (including phenoxy) is 1. The fourth-order valence-corrected chi connectivity index (χ4v) is 3.00. The van der Waals surface area contributed by atoms with Crippen molar-refractivity contribution in [3.63, 3.8) is 0 Å². The first kappa shape index (κ1) is 19.8. The average Bonchev–Trinajstić information content (AvgIpc) is 3.11. The largest absolute Gasteiger partial charge is 0.487 e. The number of carbonyl (C=O) groups is 1. The molecule has 2 N–H and O–H groups in total. The van der Waals surface area contributed by atoms with E-state index in [0.717, 1.165) is 12.1 Å². The van der Waals surface area contributed by atoms with Gasteiger partial charge in [-0.15, -0.1) is 0 Å². The molecule has 3 rings (SSSR count). The summed E-state index contributed by atoms with van der Waals surface area (Å²) in [7, 11) is 0. The molecule has 0 atom stereocenters. The molecule has 0 radical (unpaired) electrons. The van der Waals surface area contributed by atoms with Gasteiger partial charge in [0.05, 0.1) is 6.54 Å². The van der Waals surface area contributed by atoms with Gasteiger partial charge >= 0.3 is 0 Å². The van der Waals surface area contributed by atoms with Gasteiger partial charge in [0.25, 0.3) is 11.5 Å². The molecule has 1 amide bonds. The lowest BCUT2D eigenvalue weighted by atomic mass is 10.2. The van der Waals surface area contributed by atoms with E-state index in [2.05, 4.69) is 15.9 Å². The smallest absolute Gasteiger partial charge is 0.284 e. The van der Waals surface area contributed by atoms with Crippen molar-refractivity contribution < 1.29 is 22.7 Å². The zero-order chi connectivity index (χ0) is 20.4. The second-order valence-electron chi connectivity index (χ2n) is 6.01. The molecule has 2 heterocycles. The lowest BCUT2D eigenvalue weighted by Gasteiger charge is -2.14. The summed E-state index contributed by atoms with van der Waals surface area (Å²) >= 11 is 3.19. The summed E-state index contributed by atoms with van der Waals surface area (Å²) in [6.45, 7) is 1.61. The van der Waals surface area contributed by atoms with Gasteiger partial charge in [0, 0.05) is 23.4 Å². The van der Waals surface area contributed by atoms with Gasteiger partial charge in [-0.25, -0.2) is 8.78 Å². The Kier molecular flexibility index (Phi) is 5.64. The number of hydrogen-bond acceptors (Lipinski definition) is 4. The maximum absolute atomic E-state index is 13.7. The quantitative estimate of drug-likeness (QED) is 0.619. The van der Waals surface area contributed by atoms with Crippen LogP contribution in [0.2, 0.25) is 0 Å².